The molecule has 3 rings (SSSR count). The lowest BCUT2D eigenvalue weighted by atomic mass is 9.93. The fraction of sp³-hybridized carbons (Fsp3) is 0.429. The van der Waals surface area contributed by atoms with Gasteiger partial charge in [-0.3, -0.25) is 9.59 Å². The highest BCUT2D eigenvalue weighted by Crippen LogP contribution is 2.42. The van der Waals surface area contributed by atoms with Gasteiger partial charge in [0.15, 0.2) is 11.5 Å². The number of hydrogen-bond acceptors (Lipinski definition) is 6. The van der Waals surface area contributed by atoms with Gasteiger partial charge in [0.1, 0.15) is 11.5 Å². The van der Waals surface area contributed by atoms with Crippen molar-refractivity contribution in [1.82, 2.24) is 4.90 Å². The summed E-state index contributed by atoms with van der Waals surface area (Å²) >= 11 is 0. The minimum Gasteiger partial charge on any atom is -0.507 e. The van der Waals surface area contributed by atoms with Crippen LogP contribution in [-0.4, -0.2) is 67.7 Å². The zero-order chi connectivity index (χ0) is 26.6. The van der Waals surface area contributed by atoms with Crippen molar-refractivity contribution < 1.29 is 34.2 Å². The number of aryl methyl sites for hydroxylation is 1. The van der Waals surface area contributed by atoms with Gasteiger partial charge in [0, 0.05) is 18.5 Å². The van der Waals surface area contributed by atoms with Crippen LogP contribution in [0.1, 0.15) is 43.0 Å². The second kappa shape index (κ2) is 11.5. The van der Waals surface area contributed by atoms with E-state index in [4.69, 9.17) is 9.47 Å². The van der Waals surface area contributed by atoms with E-state index in [0.717, 1.165) is 12.1 Å². The molecule has 0 bridgehead atoms. The second-order valence-corrected chi connectivity index (χ2v) is 9.92. The predicted molar refractivity (Wildman–Crippen MR) is 137 cm³/mol. The summed E-state index contributed by atoms with van der Waals surface area (Å²) in [4.78, 5) is 29.1. The number of benzene rings is 2. The largest absolute Gasteiger partial charge is 0.507 e. The Morgan fingerprint density at radius 3 is 2.47 bits per heavy atom. The average Bonchev–Trinajstić information content (AvgIpc) is 3.07. The molecule has 1 unspecified atom stereocenters. The first kappa shape index (κ1) is 27.1. The molecule has 1 aliphatic heterocycles. The van der Waals surface area contributed by atoms with Crippen molar-refractivity contribution in [3.8, 4) is 17.2 Å². The van der Waals surface area contributed by atoms with Crippen LogP contribution in [0.15, 0.2) is 42.0 Å². The number of rotatable bonds is 10. The summed E-state index contributed by atoms with van der Waals surface area (Å²) in [6, 6.07) is 9.15. The Labute approximate surface area is 212 Å². The van der Waals surface area contributed by atoms with Gasteiger partial charge in [0.2, 0.25) is 0 Å². The zero-order valence-electron chi connectivity index (χ0n) is 21.9. The topological polar surface area (TPSA) is 101 Å². The van der Waals surface area contributed by atoms with E-state index < -0.39 is 17.7 Å². The molecule has 0 aromatic heterocycles. The molecule has 3 N–H and O–H groups in total. The van der Waals surface area contributed by atoms with E-state index in [2.05, 4.69) is 13.8 Å². The Morgan fingerprint density at radius 1 is 1.14 bits per heavy atom. The number of ether oxygens (including phenoxy) is 2. The van der Waals surface area contributed by atoms with Gasteiger partial charge in [-0.05, 0) is 54.3 Å². The molecule has 0 spiro atoms. The van der Waals surface area contributed by atoms with Gasteiger partial charge in [0.05, 0.1) is 46.0 Å². The number of carbonyl (C=O) groups excluding carboxylic acids is 2. The summed E-state index contributed by atoms with van der Waals surface area (Å²) in [6.07, 6.45) is 0.683. The molecule has 1 amide bonds. The van der Waals surface area contributed by atoms with E-state index >= 15 is 0 Å². The van der Waals surface area contributed by atoms with E-state index in [-0.39, 0.29) is 22.8 Å². The first-order valence-electron chi connectivity index (χ1n) is 12.2. The van der Waals surface area contributed by atoms with E-state index in [1.165, 1.54) is 23.0 Å². The molecule has 1 heterocycles. The van der Waals surface area contributed by atoms with Crippen LogP contribution in [0.3, 0.4) is 0 Å². The van der Waals surface area contributed by atoms with Crippen LogP contribution >= 0.6 is 0 Å². The third-order valence-electron chi connectivity index (χ3n) is 6.17. The lowest BCUT2D eigenvalue weighted by molar-refractivity contribution is -0.858. The van der Waals surface area contributed by atoms with Gasteiger partial charge in [-0.2, -0.15) is 0 Å². The van der Waals surface area contributed by atoms with Crippen LogP contribution < -0.4 is 14.4 Å². The number of aromatic hydroxyl groups is 1. The van der Waals surface area contributed by atoms with Crippen LogP contribution in [0.5, 0.6) is 17.2 Å². The molecule has 8 heteroatoms. The Hall–Kier alpha value is -3.52. The number of Topliss-reactive ketones (excluding diaryl/α,β-unsaturated/α-hetero) is 1. The molecule has 1 aliphatic rings. The lowest BCUT2D eigenvalue weighted by Gasteiger charge is -2.26. The number of methoxy groups -OCH3 is 1. The summed E-state index contributed by atoms with van der Waals surface area (Å²) < 4.78 is 11.1. The number of aliphatic hydroxyl groups excluding tert-OH is 1. The Morgan fingerprint density at radius 2 is 1.86 bits per heavy atom. The Kier molecular flexibility index (Phi) is 8.63. The highest BCUT2D eigenvalue weighted by Gasteiger charge is 2.46. The lowest BCUT2D eigenvalue weighted by Crippen LogP contribution is -3.05. The summed E-state index contributed by atoms with van der Waals surface area (Å²) in [7, 11) is 5.48. The number of amides is 1. The summed E-state index contributed by atoms with van der Waals surface area (Å²) in [5.74, 6) is -0.423. The van der Waals surface area contributed by atoms with Gasteiger partial charge < -0.3 is 29.5 Å². The second-order valence-electron chi connectivity index (χ2n) is 9.92. The average molecular weight is 498 g/mol. The fourth-order valence-corrected chi connectivity index (χ4v) is 4.32. The smallest absolute Gasteiger partial charge is 0.295 e. The van der Waals surface area contributed by atoms with Gasteiger partial charge in [0.25, 0.3) is 11.7 Å². The van der Waals surface area contributed by atoms with Crippen LogP contribution in [0, 0.1) is 12.8 Å². The molecule has 1 fully saturated rings. The zero-order valence-corrected chi connectivity index (χ0v) is 21.9. The number of hydrogen-bond donors (Lipinski definition) is 3. The summed E-state index contributed by atoms with van der Waals surface area (Å²) in [6.45, 7) is 7.67. The predicted octanol–water partition coefficient (Wildman–Crippen LogP) is 2.70. The molecule has 8 nitrogen and oxygen atoms in total. The number of nitrogens with one attached hydrogen (secondary N) is 1. The molecule has 2 aromatic rings. The monoisotopic (exact) mass is 497 g/mol. The van der Waals surface area contributed by atoms with Crippen molar-refractivity contribution in [3.05, 3.63) is 58.7 Å². The number of likely N-dealkylation sites (tertiary alicyclic amines) is 1. The maximum atomic E-state index is 13.3. The number of aliphatic hydroxyl groups is 1. The van der Waals surface area contributed by atoms with Crippen LogP contribution in [0.4, 0.5) is 0 Å². The van der Waals surface area contributed by atoms with Crippen molar-refractivity contribution in [2.24, 2.45) is 5.92 Å². The van der Waals surface area contributed by atoms with E-state index in [1.54, 1.807) is 24.3 Å². The number of phenolic OH excluding ortho intramolecular Hbond substituents is 1. The standard InChI is InChI=1S/C28H36N2O6/c1-17(2)16-36-20-9-10-21(18(3)14-20)26(32)24-25(19-8-11-22(31)23(15-19)35-6)30(28(34)27(24)33)13-7-12-29(4)5/h8-11,14-15,17,25,31-32H,7,12-13,16H2,1-6H3/p+1. The first-order valence-corrected chi connectivity index (χ1v) is 12.2. The third-order valence-corrected chi connectivity index (χ3v) is 6.17. The molecule has 0 aliphatic carbocycles. The fourth-order valence-electron chi connectivity index (χ4n) is 4.32. The van der Waals surface area contributed by atoms with E-state index in [1.807, 2.05) is 27.1 Å². The minimum atomic E-state index is -0.812. The maximum Gasteiger partial charge on any atom is 0.295 e. The number of phenols is 1. The molecular weight excluding hydrogens is 460 g/mol. The Bertz CT molecular complexity index is 1150. The number of carbonyl (C=O) groups is 2. The maximum absolute atomic E-state index is 13.3. The van der Waals surface area contributed by atoms with Crippen LogP contribution in [0.25, 0.3) is 5.76 Å². The highest BCUT2D eigenvalue weighted by molar-refractivity contribution is 6.46. The molecule has 194 valence electrons. The first-order chi connectivity index (χ1) is 17.0. The van der Waals surface area contributed by atoms with Crippen LogP contribution in [-0.2, 0) is 9.59 Å². The van der Waals surface area contributed by atoms with Crippen molar-refractivity contribution in [3.63, 3.8) is 0 Å². The van der Waals surface area contributed by atoms with Crippen molar-refractivity contribution in [2.75, 3.05) is 40.9 Å². The Balaban J connectivity index is 2.10. The van der Waals surface area contributed by atoms with Gasteiger partial charge >= 0.3 is 0 Å². The highest BCUT2D eigenvalue weighted by atomic mass is 16.5. The SMILES string of the molecule is COc1cc(C2C(=C(O)c3ccc(OCC(C)C)cc3C)C(=O)C(=O)N2CCC[NH+](C)C)ccc1O. The van der Waals surface area contributed by atoms with E-state index in [9.17, 15) is 19.8 Å². The molecule has 36 heavy (non-hydrogen) atoms. The van der Waals surface area contributed by atoms with Crippen LogP contribution in [0.2, 0.25) is 0 Å². The van der Waals surface area contributed by atoms with Crippen molar-refractivity contribution in [2.45, 2.75) is 33.2 Å². The van der Waals surface area contributed by atoms with E-state index in [0.29, 0.717) is 42.4 Å². The molecule has 0 radical (unpaired) electrons. The molecule has 1 atom stereocenters. The molecule has 1 saturated heterocycles. The summed E-state index contributed by atoms with van der Waals surface area (Å²) in [5.41, 5.74) is 1.76. The summed E-state index contributed by atoms with van der Waals surface area (Å²) in [5, 5.41) is 21.5. The quantitative estimate of drug-likeness (QED) is 0.265. The number of nitrogens with zero attached hydrogens (tertiary/aromatic N) is 1. The van der Waals surface area contributed by atoms with Crippen molar-refractivity contribution in [1.29, 1.82) is 0 Å². The molecule has 2 aromatic carbocycles. The van der Waals surface area contributed by atoms with Gasteiger partial charge in [-0.15, -0.1) is 0 Å². The third kappa shape index (κ3) is 5.82. The number of ketones is 1. The van der Waals surface area contributed by atoms with Gasteiger partial charge in [-0.25, -0.2) is 0 Å². The molecule has 0 saturated carbocycles. The van der Waals surface area contributed by atoms with Crippen molar-refractivity contribution >= 4 is 17.4 Å². The molecular formula is C28H37N2O6+. The van der Waals surface area contributed by atoms with Gasteiger partial charge in [-0.1, -0.05) is 19.9 Å². The normalized spacial score (nSPS) is 17.3. The number of quaternary nitrogens is 1. The minimum absolute atomic E-state index is 0.0175.